The monoisotopic (exact) mass is 458 g/mol. The van der Waals surface area contributed by atoms with E-state index in [1.165, 1.54) is 14.2 Å². The van der Waals surface area contributed by atoms with Crippen LogP contribution in [0.1, 0.15) is 12.8 Å². The topological polar surface area (TPSA) is 197 Å². The van der Waals surface area contributed by atoms with Gasteiger partial charge in [-0.05, 0) is 6.42 Å². The number of aliphatic hydroxyl groups is 7. The molecule has 0 amide bonds. The third kappa shape index (κ3) is 6.51. The largest absolute Gasteiger partial charge is 0.394 e. The molecule has 0 aromatic carbocycles. The van der Waals surface area contributed by atoms with E-state index in [1.807, 2.05) is 0 Å². The lowest BCUT2D eigenvalue weighted by Gasteiger charge is -2.41. The van der Waals surface area contributed by atoms with E-state index in [0.717, 1.165) is 0 Å². The maximum Gasteiger partial charge on any atom is 0.189 e. The van der Waals surface area contributed by atoms with Gasteiger partial charge in [0.15, 0.2) is 18.9 Å². The van der Waals surface area contributed by atoms with E-state index in [4.69, 9.17) is 28.4 Å². The van der Waals surface area contributed by atoms with E-state index in [0.29, 0.717) is 6.42 Å². The fourth-order valence-corrected chi connectivity index (χ4v) is 3.49. The summed E-state index contributed by atoms with van der Waals surface area (Å²) in [6, 6.07) is 0. The first-order valence-corrected chi connectivity index (χ1v) is 10.0. The standard InChI is InChI=1S/C18H34O13/c1-26-10(31-18-14(24)12(22)11(21)8(6-19)29-18)4-3-5-28-16-9(7-20)30-17(27-2)15(25)13(16)23/h8-25H,3-7H2,1-2H3/t8-,9-,10?,11-,12+,13-,14-,15-,16-,17+,18-/m1/s1. The van der Waals surface area contributed by atoms with Gasteiger partial charge in [0.25, 0.3) is 0 Å². The van der Waals surface area contributed by atoms with Gasteiger partial charge in [0.2, 0.25) is 0 Å². The van der Waals surface area contributed by atoms with Gasteiger partial charge in [-0.15, -0.1) is 0 Å². The Morgan fingerprint density at radius 3 is 1.97 bits per heavy atom. The SMILES string of the molecule is COC(CCCO[C@H]1[C@H](O)[C@@H](O)[C@@H](OC)O[C@@H]1CO)O[C@H]1O[C@H](CO)[C@@H](O)[C@H](O)[C@H]1O. The van der Waals surface area contributed by atoms with Gasteiger partial charge in [0.05, 0.1) is 13.2 Å². The molecule has 13 nitrogen and oxygen atoms in total. The molecule has 0 aliphatic carbocycles. The molecular formula is C18H34O13. The first-order chi connectivity index (χ1) is 14.8. The van der Waals surface area contributed by atoms with Crippen LogP contribution in [0.4, 0.5) is 0 Å². The minimum absolute atomic E-state index is 0.0872. The number of rotatable bonds is 11. The van der Waals surface area contributed by atoms with E-state index in [-0.39, 0.29) is 13.0 Å². The van der Waals surface area contributed by atoms with Crippen LogP contribution in [0, 0.1) is 0 Å². The molecule has 2 heterocycles. The third-order valence-electron chi connectivity index (χ3n) is 5.34. The molecule has 0 saturated carbocycles. The summed E-state index contributed by atoms with van der Waals surface area (Å²) in [5.41, 5.74) is 0. The zero-order valence-corrected chi connectivity index (χ0v) is 17.5. The van der Waals surface area contributed by atoms with Crippen molar-refractivity contribution >= 4 is 0 Å². The molecule has 2 aliphatic rings. The van der Waals surface area contributed by atoms with Crippen molar-refractivity contribution in [2.75, 3.05) is 34.0 Å². The van der Waals surface area contributed by atoms with Gasteiger partial charge in [0.1, 0.15) is 48.8 Å². The lowest BCUT2D eigenvalue weighted by Crippen LogP contribution is -2.60. The average molecular weight is 458 g/mol. The normalized spacial score (nSPS) is 42.5. The lowest BCUT2D eigenvalue weighted by atomic mass is 9.99. The lowest BCUT2D eigenvalue weighted by molar-refractivity contribution is -0.335. The first kappa shape index (κ1) is 26.7. The Morgan fingerprint density at radius 2 is 1.39 bits per heavy atom. The Hall–Kier alpha value is -0.520. The molecule has 0 aromatic heterocycles. The number of aliphatic hydroxyl groups excluding tert-OH is 7. The fourth-order valence-electron chi connectivity index (χ4n) is 3.49. The van der Waals surface area contributed by atoms with E-state index >= 15 is 0 Å². The van der Waals surface area contributed by atoms with Crippen LogP contribution in [0.3, 0.4) is 0 Å². The second kappa shape index (κ2) is 12.6. The van der Waals surface area contributed by atoms with Crippen LogP contribution in [-0.2, 0) is 28.4 Å². The average Bonchev–Trinajstić information content (AvgIpc) is 2.78. The van der Waals surface area contributed by atoms with E-state index in [2.05, 4.69) is 0 Å². The molecule has 2 saturated heterocycles. The molecule has 184 valence electrons. The maximum absolute atomic E-state index is 10.2. The second-order valence-corrected chi connectivity index (χ2v) is 7.42. The summed E-state index contributed by atoms with van der Waals surface area (Å²) in [6.45, 7) is -0.942. The summed E-state index contributed by atoms with van der Waals surface area (Å²) in [7, 11) is 2.66. The molecule has 2 aliphatic heterocycles. The third-order valence-corrected chi connectivity index (χ3v) is 5.34. The minimum atomic E-state index is -1.57. The van der Waals surface area contributed by atoms with Crippen LogP contribution >= 0.6 is 0 Å². The van der Waals surface area contributed by atoms with Crippen molar-refractivity contribution in [2.45, 2.75) is 80.5 Å². The van der Waals surface area contributed by atoms with Crippen molar-refractivity contribution in [3.63, 3.8) is 0 Å². The number of hydrogen-bond donors (Lipinski definition) is 7. The van der Waals surface area contributed by atoms with Gasteiger partial charge in [-0.3, -0.25) is 0 Å². The molecule has 0 spiro atoms. The summed E-state index contributed by atoms with van der Waals surface area (Å²) >= 11 is 0. The summed E-state index contributed by atoms with van der Waals surface area (Å²) in [4.78, 5) is 0. The molecule has 0 aromatic rings. The Bertz CT molecular complexity index is 507. The Morgan fingerprint density at radius 1 is 0.774 bits per heavy atom. The summed E-state index contributed by atoms with van der Waals surface area (Å²) < 4.78 is 31.8. The number of hydrogen-bond acceptors (Lipinski definition) is 13. The van der Waals surface area contributed by atoms with Gasteiger partial charge in [-0.1, -0.05) is 0 Å². The molecule has 0 bridgehead atoms. The van der Waals surface area contributed by atoms with Crippen molar-refractivity contribution < 1.29 is 64.2 Å². The Balaban J connectivity index is 1.82. The Labute approximate surface area is 179 Å². The summed E-state index contributed by atoms with van der Waals surface area (Å²) in [5.74, 6) is 0. The number of methoxy groups -OCH3 is 2. The van der Waals surface area contributed by atoms with E-state index in [9.17, 15) is 35.7 Å². The van der Waals surface area contributed by atoms with Crippen molar-refractivity contribution in [1.29, 1.82) is 0 Å². The van der Waals surface area contributed by atoms with E-state index in [1.54, 1.807) is 0 Å². The van der Waals surface area contributed by atoms with E-state index < -0.39 is 80.9 Å². The second-order valence-electron chi connectivity index (χ2n) is 7.42. The smallest absolute Gasteiger partial charge is 0.189 e. The van der Waals surface area contributed by atoms with Gasteiger partial charge in [-0.2, -0.15) is 0 Å². The van der Waals surface area contributed by atoms with Crippen LogP contribution in [0.2, 0.25) is 0 Å². The van der Waals surface area contributed by atoms with Gasteiger partial charge >= 0.3 is 0 Å². The molecule has 11 atom stereocenters. The zero-order chi connectivity index (χ0) is 23.1. The highest BCUT2D eigenvalue weighted by Gasteiger charge is 2.46. The predicted octanol–water partition coefficient (Wildman–Crippen LogP) is -3.97. The fraction of sp³-hybridized carbons (Fsp3) is 1.00. The van der Waals surface area contributed by atoms with Gasteiger partial charge in [-0.25, -0.2) is 0 Å². The molecule has 31 heavy (non-hydrogen) atoms. The van der Waals surface area contributed by atoms with Crippen molar-refractivity contribution in [2.24, 2.45) is 0 Å². The van der Waals surface area contributed by atoms with Crippen LogP contribution in [-0.4, -0.2) is 137 Å². The van der Waals surface area contributed by atoms with Crippen molar-refractivity contribution in [1.82, 2.24) is 0 Å². The molecular weight excluding hydrogens is 424 g/mol. The highest BCUT2D eigenvalue weighted by atomic mass is 16.8. The molecule has 13 heteroatoms. The van der Waals surface area contributed by atoms with Crippen molar-refractivity contribution in [3.05, 3.63) is 0 Å². The molecule has 2 rings (SSSR count). The summed E-state index contributed by atoms with van der Waals surface area (Å²) in [5, 5.41) is 68.6. The number of ether oxygens (including phenoxy) is 6. The Kier molecular flexibility index (Phi) is 10.9. The van der Waals surface area contributed by atoms with Gasteiger partial charge in [0, 0.05) is 27.2 Å². The van der Waals surface area contributed by atoms with Crippen LogP contribution < -0.4 is 0 Å². The molecule has 2 fully saturated rings. The van der Waals surface area contributed by atoms with Crippen LogP contribution in [0.25, 0.3) is 0 Å². The molecule has 1 unspecified atom stereocenters. The first-order valence-electron chi connectivity index (χ1n) is 10.0. The van der Waals surface area contributed by atoms with Gasteiger partial charge < -0.3 is 64.2 Å². The highest BCUT2D eigenvalue weighted by Crippen LogP contribution is 2.26. The van der Waals surface area contributed by atoms with Crippen LogP contribution in [0.15, 0.2) is 0 Å². The molecule has 7 N–H and O–H groups in total. The quantitative estimate of drug-likeness (QED) is 0.117. The highest BCUT2D eigenvalue weighted by molar-refractivity contribution is 4.90. The maximum atomic E-state index is 10.2. The molecule has 0 radical (unpaired) electrons. The van der Waals surface area contributed by atoms with Crippen LogP contribution in [0.5, 0.6) is 0 Å². The minimum Gasteiger partial charge on any atom is -0.394 e. The van der Waals surface area contributed by atoms with Crippen molar-refractivity contribution in [3.8, 4) is 0 Å². The predicted molar refractivity (Wildman–Crippen MR) is 99.4 cm³/mol. The zero-order valence-electron chi connectivity index (χ0n) is 17.5. The summed E-state index contributed by atoms with van der Waals surface area (Å²) in [6.07, 6.45) is -13.0.